The molecule has 4 nitrogen and oxygen atoms in total. The molecule has 1 atom stereocenters. The monoisotopic (exact) mass is 278 g/mol. The first-order chi connectivity index (χ1) is 9.63. The summed E-state index contributed by atoms with van der Waals surface area (Å²) in [6.45, 7) is 12.1. The van der Waals surface area contributed by atoms with Gasteiger partial charge in [-0.1, -0.05) is 26.7 Å². The van der Waals surface area contributed by atoms with Gasteiger partial charge >= 0.3 is 0 Å². The second kappa shape index (κ2) is 7.11. The predicted octanol–water partition coefficient (Wildman–Crippen LogP) is 3.45. The van der Waals surface area contributed by atoms with Crippen molar-refractivity contribution in [1.29, 1.82) is 0 Å². The molecular formula is C16H30N4. The molecule has 0 radical (unpaired) electrons. The smallest absolute Gasteiger partial charge is 0.203 e. The van der Waals surface area contributed by atoms with Crippen LogP contribution >= 0.6 is 0 Å². The van der Waals surface area contributed by atoms with E-state index in [0.29, 0.717) is 12.1 Å². The van der Waals surface area contributed by atoms with Gasteiger partial charge in [0.2, 0.25) is 5.95 Å². The maximum Gasteiger partial charge on any atom is 0.203 e. The first-order valence-electron chi connectivity index (χ1n) is 8.18. The second-order valence-corrected chi connectivity index (χ2v) is 6.07. The van der Waals surface area contributed by atoms with Gasteiger partial charge < -0.3 is 14.8 Å². The Labute approximate surface area is 123 Å². The molecule has 1 aliphatic carbocycles. The minimum Gasteiger partial charge on any atom is -0.353 e. The van der Waals surface area contributed by atoms with Gasteiger partial charge in [-0.05, 0) is 39.8 Å². The highest BCUT2D eigenvalue weighted by molar-refractivity contribution is 5.31. The molecule has 1 fully saturated rings. The molecule has 1 aliphatic rings. The average Bonchev–Trinajstić information content (AvgIpc) is 3.06. The largest absolute Gasteiger partial charge is 0.353 e. The van der Waals surface area contributed by atoms with Gasteiger partial charge in [-0.2, -0.15) is 0 Å². The molecule has 1 aromatic heterocycles. The molecule has 0 aromatic carbocycles. The number of aryl methyl sites for hydroxylation is 1. The zero-order valence-electron chi connectivity index (χ0n) is 13.5. The van der Waals surface area contributed by atoms with Crippen LogP contribution in [-0.2, 0) is 0 Å². The number of nitrogens with zero attached hydrogens (tertiary/aromatic N) is 3. The van der Waals surface area contributed by atoms with E-state index in [-0.39, 0.29) is 0 Å². The molecule has 0 spiro atoms. The van der Waals surface area contributed by atoms with Crippen LogP contribution in [0.3, 0.4) is 0 Å². The molecular weight excluding hydrogens is 248 g/mol. The highest BCUT2D eigenvalue weighted by Crippen LogP contribution is 2.24. The Balaban J connectivity index is 2.05. The van der Waals surface area contributed by atoms with Crippen LogP contribution in [0.1, 0.15) is 58.2 Å². The molecule has 1 heterocycles. The van der Waals surface area contributed by atoms with Crippen LogP contribution < -0.4 is 5.32 Å². The minimum atomic E-state index is 0.458. The van der Waals surface area contributed by atoms with E-state index in [1.807, 2.05) is 0 Å². The number of aromatic nitrogens is 2. The summed E-state index contributed by atoms with van der Waals surface area (Å²) < 4.78 is 2.33. The Morgan fingerprint density at radius 2 is 2.00 bits per heavy atom. The Morgan fingerprint density at radius 1 is 1.35 bits per heavy atom. The summed E-state index contributed by atoms with van der Waals surface area (Å²) in [5.41, 5.74) is 1.11. The van der Waals surface area contributed by atoms with Crippen LogP contribution in [0.5, 0.6) is 0 Å². The Bertz CT molecular complexity index is 403. The van der Waals surface area contributed by atoms with E-state index >= 15 is 0 Å². The zero-order chi connectivity index (χ0) is 14.5. The summed E-state index contributed by atoms with van der Waals surface area (Å²) in [5, 5.41) is 3.65. The van der Waals surface area contributed by atoms with Crippen molar-refractivity contribution >= 4 is 5.95 Å². The van der Waals surface area contributed by atoms with Gasteiger partial charge in [0.1, 0.15) is 0 Å². The second-order valence-electron chi connectivity index (χ2n) is 6.07. The van der Waals surface area contributed by atoms with E-state index in [2.05, 4.69) is 53.7 Å². The lowest BCUT2D eigenvalue weighted by atomic mass is 10.2. The SMILES string of the molecule is CCN(CC)CC(C)n1cc(C)nc1NC1CCCC1. The maximum absolute atomic E-state index is 4.69. The number of imidazole rings is 1. The lowest BCUT2D eigenvalue weighted by Gasteiger charge is -2.25. The van der Waals surface area contributed by atoms with Crippen molar-refractivity contribution < 1.29 is 0 Å². The Kier molecular flexibility index (Phi) is 5.46. The van der Waals surface area contributed by atoms with E-state index in [1.165, 1.54) is 25.7 Å². The third-order valence-corrected chi connectivity index (χ3v) is 4.43. The van der Waals surface area contributed by atoms with Crippen molar-refractivity contribution in [2.75, 3.05) is 25.0 Å². The van der Waals surface area contributed by atoms with Crippen LogP contribution in [0.25, 0.3) is 0 Å². The molecule has 2 rings (SSSR count). The fraction of sp³-hybridized carbons (Fsp3) is 0.812. The van der Waals surface area contributed by atoms with Gasteiger partial charge in [0.25, 0.3) is 0 Å². The number of hydrogen-bond acceptors (Lipinski definition) is 3. The van der Waals surface area contributed by atoms with Gasteiger partial charge in [-0.3, -0.25) is 0 Å². The molecule has 1 saturated carbocycles. The summed E-state index contributed by atoms with van der Waals surface area (Å²) in [7, 11) is 0. The van der Waals surface area contributed by atoms with E-state index < -0.39 is 0 Å². The predicted molar refractivity (Wildman–Crippen MR) is 85.3 cm³/mol. The molecule has 20 heavy (non-hydrogen) atoms. The Morgan fingerprint density at radius 3 is 2.60 bits per heavy atom. The summed E-state index contributed by atoms with van der Waals surface area (Å²) in [5.74, 6) is 1.06. The number of rotatable bonds is 7. The third kappa shape index (κ3) is 3.75. The summed E-state index contributed by atoms with van der Waals surface area (Å²) in [4.78, 5) is 7.16. The normalized spacial score (nSPS) is 17.9. The number of anilines is 1. The Hall–Kier alpha value is -1.03. The number of nitrogens with one attached hydrogen (secondary N) is 1. The first kappa shape index (κ1) is 15.4. The van der Waals surface area contributed by atoms with Crippen LogP contribution in [-0.4, -0.2) is 40.1 Å². The topological polar surface area (TPSA) is 33.1 Å². The van der Waals surface area contributed by atoms with E-state index in [4.69, 9.17) is 0 Å². The standard InChI is InChI=1S/C16H30N4/c1-5-19(6-2)12-14(4)20-11-13(3)17-16(20)18-15-9-7-8-10-15/h11,14-15H,5-10,12H2,1-4H3,(H,17,18). The van der Waals surface area contributed by atoms with Crippen molar-refractivity contribution in [3.63, 3.8) is 0 Å². The lowest BCUT2D eigenvalue weighted by molar-refractivity contribution is 0.262. The van der Waals surface area contributed by atoms with Crippen LogP contribution in [0.15, 0.2) is 6.20 Å². The van der Waals surface area contributed by atoms with Gasteiger partial charge in [-0.25, -0.2) is 4.98 Å². The summed E-state index contributed by atoms with van der Waals surface area (Å²) in [6, 6.07) is 1.08. The average molecular weight is 278 g/mol. The quantitative estimate of drug-likeness (QED) is 0.829. The van der Waals surface area contributed by atoms with Crippen molar-refractivity contribution in [3.05, 3.63) is 11.9 Å². The highest BCUT2D eigenvalue weighted by atomic mass is 15.2. The molecule has 1 N–H and O–H groups in total. The molecule has 0 aliphatic heterocycles. The fourth-order valence-electron chi connectivity index (χ4n) is 3.16. The first-order valence-corrected chi connectivity index (χ1v) is 8.18. The minimum absolute atomic E-state index is 0.458. The van der Waals surface area contributed by atoms with Crippen molar-refractivity contribution in [3.8, 4) is 0 Å². The highest BCUT2D eigenvalue weighted by Gasteiger charge is 2.19. The fourth-order valence-corrected chi connectivity index (χ4v) is 3.16. The summed E-state index contributed by atoms with van der Waals surface area (Å²) >= 11 is 0. The van der Waals surface area contributed by atoms with Gasteiger partial charge in [0.05, 0.1) is 5.69 Å². The van der Waals surface area contributed by atoms with Crippen molar-refractivity contribution in [1.82, 2.24) is 14.5 Å². The van der Waals surface area contributed by atoms with Crippen LogP contribution in [0, 0.1) is 6.92 Å². The van der Waals surface area contributed by atoms with Crippen molar-refractivity contribution in [2.24, 2.45) is 0 Å². The van der Waals surface area contributed by atoms with E-state index in [1.54, 1.807) is 0 Å². The zero-order valence-corrected chi connectivity index (χ0v) is 13.5. The molecule has 0 bridgehead atoms. The van der Waals surface area contributed by atoms with Gasteiger partial charge in [0, 0.05) is 24.8 Å². The van der Waals surface area contributed by atoms with Crippen molar-refractivity contribution in [2.45, 2.75) is 65.5 Å². The van der Waals surface area contributed by atoms with Crippen LogP contribution in [0.4, 0.5) is 5.95 Å². The molecule has 1 aromatic rings. The number of hydrogen-bond donors (Lipinski definition) is 1. The maximum atomic E-state index is 4.69. The van der Waals surface area contributed by atoms with E-state index in [0.717, 1.165) is 31.3 Å². The van der Waals surface area contributed by atoms with Crippen LogP contribution in [0.2, 0.25) is 0 Å². The lowest BCUT2D eigenvalue weighted by Crippen LogP contribution is -2.30. The molecule has 1 unspecified atom stereocenters. The number of likely N-dealkylation sites (N-methyl/N-ethyl adjacent to an activating group) is 1. The summed E-state index contributed by atoms with van der Waals surface area (Å²) in [6.07, 6.45) is 7.47. The molecule has 0 amide bonds. The molecule has 0 saturated heterocycles. The molecule has 4 heteroatoms. The van der Waals surface area contributed by atoms with E-state index in [9.17, 15) is 0 Å². The molecule has 114 valence electrons. The van der Waals surface area contributed by atoms with Gasteiger partial charge in [-0.15, -0.1) is 0 Å². The van der Waals surface area contributed by atoms with Gasteiger partial charge in [0.15, 0.2) is 0 Å². The third-order valence-electron chi connectivity index (χ3n) is 4.43.